The zero-order chi connectivity index (χ0) is 24.5. The number of rotatable bonds is 6. The number of anilines is 1. The number of carboxylic acids is 1. The molecule has 9 nitrogen and oxygen atoms in total. The summed E-state index contributed by atoms with van der Waals surface area (Å²) in [5.74, 6) is -2.26. The third-order valence-electron chi connectivity index (χ3n) is 6.17. The number of carbonyl (C=O) groups is 1. The molecule has 1 aliphatic rings. The molecule has 4 heterocycles. The maximum Gasteiger partial charge on any atom is 0.326 e. The monoisotopic (exact) mass is 480 g/mol. The molecule has 0 spiro atoms. The summed E-state index contributed by atoms with van der Waals surface area (Å²) < 4.78 is 35.7. The van der Waals surface area contributed by atoms with Crippen molar-refractivity contribution < 1.29 is 23.2 Å². The van der Waals surface area contributed by atoms with Crippen molar-refractivity contribution >= 4 is 11.8 Å². The van der Waals surface area contributed by atoms with Gasteiger partial charge in [-0.3, -0.25) is 4.68 Å². The fraction of sp³-hybridized carbons (Fsp3) is 0.292. The number of aliphatic carboxylic acids is 1. The second-order valence-electron chi connectivity index (χ2n) is 8.51. The van der Waals surface area contributed by atoms with Crippen LogP contribution in [0.3, 0.4) is 0 Å². The lowest BCUT2D eigenvalue weighted by Crippen LogP contribution is -2.50. The van der Waals surface area contributed by atoms with Gasteiger partial charge in [0.25, 0.3) is 0 Å². The molecule has 0 unspecified atom stereocenters. The molecule has 2 atom stereocenters. The molecule has 35 heavy (non-hydrogen) atoms. The molecule has 1 N–H and O–H groups in total. The summed E-state index contributed by atoms with van der Waals surface area (Å²) in [4.78, 5) is 21.9. The molecular formula is C24H22F2N6O3. The first-order valence-corrected chi connectivity index (χ1v) is 11.2. The first-order chi connectivity index (χ1) is 16.9. The van der Waals surface area contributed by atoms with E-state index in [2.05, 4.69) is 20.2 Å². The van der Waals surface area contributed by atoms with Crippen LogP contribution in [0.25, 0.3) is 22.9 Å². The summed E-state index contributed by atoms with van der Waals surface area (Å²) >= 11 is 0. The van der Waals surface area contributed by atoms with E-state index in [1.54, 1.807) is 35.0 Å². The first-order valence-electron chi connectivity index (χ1n) is 11.2. The molecule has 0 radical (unpaired) electrons. The summed E-state index contributed by atoms with van der Waals surface area (Å²) in [6.45, 7) is 2.30. The lowest BCUT2D eigenvalue weighted by atomic mass is 9.91. The minimum Gasteiger partial charge on any atom is -0.480 e. The van der Waals surface area contributed by atoms with Gasteiger partial charge in [-0.1, -0.05) is 30.3 Å². The molecule has 5 rings (SSSR count). The summed E-state index contributed by atoms with van der Waals surface area (Å²) in [5.41, 5.74) is 1.72. The van der Waals surface area contributed by atoms with Gasteiger partial charge in [0.15, 0.2) is 17.5 Å². The highest BCUT2D eigenvalue weighted by Crippen LogP contribution is 2.31. The largest absolute Gasteiger partial charge is 0.480 e. The molecule has 1 saturated heterocycles. The fourth-order valence-corrected chi connectivity index (χ4v) is 4.47. The van der Waals surface area contributed by atoms with Crippen LogP contribution < -0.4 is 4.90 Å². The summed E-state index contributed by atoms with van der Waals surface area (Å²) in [7, 11) is 0. The van der Waals surface area contributed by atoms with E-state index in [1.165, 1.54) is 17.2 Å². The number of hydrogen-bond donors (Lipinski definition) is 1. The molecule has 1 aliphatic heterocycles. The highest BCUT2D eigenvalue weighted by atomic mass is 19.1. The second-order valence-corrected chi connectivity index (χ2v) is 8.51. The molecule has 0 bridgehead atoms. The molecule has 11 heteroatoms. The van der Waals surface area contributed by atoms with E-state index < -0.39 is 17.8 Å². The Morgan fingerprint density at radius 1 is 1.20 bits per heavy atom. The molecule has 1 aromatic carbocycles. The zero-order valence-electron chi connectivity index (χ0n) is 18.8. The second kappa shape index (κ2) is 9.24. The van der Waals surface area contributed by atoms with Crippen molar-refractivity contribution in [3.8, 4) is 22.9 Å². The summed E-state index contributed by atoms with van der Waals surface area (Å²) in [6.07, 6.45) is 3.87. The SMILES string of the molecule is C[C@H]1CCCN(c2nc(-c3cc(-c4ccon4)n(Cc4ccccc4F)n3)ncc2F)[C@@H]1C(=O)O. The minimum atomic E-state index is -1.03. The van der Waals surface area contributed by atoms with Crippen LogP contribution >= 0.6 is 0 Å². The van der Waals surface area contributed by atoms with Crippen LogP contribution in [0.2, 0.25) is 0 Å². The Balaban J connectivity index is 1.56. The van der Waals surface area contributed by atoms with Gasteiger partial charge in [0.1, 0.15) is 29.5 Å². The zero-order valence-corrected chi connectivity index (χ0v) is 18.8. The van der Waals surface area contributed by atoms with Crippen LogP contribution in [0, 0.1) is 17.6 Å². The number of aromatic nitrogens is 5. The number of carboxylic acid groups (broad SMARTS) is 1. The van der Waals surface area contributed by atoms with Gasteiger partial charge >= 0.3 is 5.97 Å². The van der Waals surface area contributed by atoms with E-state index in [0.717, 1.165) is 19.0 Å². The quantitative estimate of drug-likeness (QED) is 0.441. The highest BCUT2D eigenvalue weighted by Gasteiger charge is 2.36. The Kier molecular flexibility index (Phi) is 5.98. The van der Waals surface area contributed by atoms with E-state index in [0.29, 0.717) is 29.2 Å². The topological polar surface area (TPSA) is 110 Å². The van der Waals surface area contributed by atoms with E-state index in [-0.39, 0.29) is 29.9 Å². The van der Waals surface area contributed by atoms with Crippen molar-refractivity contribution in [2.24, 2.45) is 5.92 Å². The van der Waals surface area contributed by atoms with Gasteiger partial charge < -0.3 is 14.5 Å². The maximum atomic E-state index is 14.8. The molecule has 0 amide bonds. The van der Waals surface area contributed by atoms with Crippen molar-refractivity contribution in [3.05, 3.63) is 66.1 Å². The number of halogens is 2. The van der Waals surface area contributed by atoms with Crippen molar-refractivity contribution in [3.63, 3.8) is 0 Å². The van der Waals surface area contributed by atoms with Crippen LogP contribution in [0.15, 0.2) is 53.4 Å². The van der Waals surface area contributed by atoms with E-state index in [1.807, 2.05) is 6.92 Å². The van der Waals surface area contributed by atoms with Crippen molar-refractivity contribution in [1.82, 2.24) is 24.9 Å². The van der Waals surface area contributed by atoms with Crippen molar-refractivity contribution in [1.29, 1.82) is 0 Å². The smallest absolute Gasteiger partial charge is 0.326 e. The lowest BCUT2D eigenvalue weighted by Gasteiger charge is -2.38. The van der Waals surface area contributed by atoms with Crippen molar-refractivity contribution in [2.75, 3.05) is 11.4 Å². The number of piperidine rings is 1. The number of benzene rings is 1. The Morgan fingerprint density at radius 3 is 2.77 bits per heavy atom. The summed E-state index contributed by atoms with van der Waals surface area (Å²) in [5, 5.41) is 18.3. The van der Waals surface area contributed by atoms with Crippen LogP contribution in [-0.4, -0.2) is 48.6 Å². The maximum absolute atomic E-state index is 14.8. The molecular weight excluding hydrogens is 458 g/mol. The van der Waals surface area contributed by atoms with Gasteiger partial charge in [0, 0.05) is 18.2 Å². The molecule has 1 fully saturated rings. The molecule has 0 aliphatic carbocycles. The van der Waals surface area contributed by atoms with Crippen LogP contribution in [0.1, 0.15) is 25.3 Å². The molecule has 3 aromatic heterocycles. The van der Waals surface area contributed by atoms with Gasteiger partial charge in [-0.25, -0.2) is 23.5 Å². The Hall–Kier alpha value is -4.15. The third kappa shape index (κ3) is 4.36. The normalized spacial score (nSPS) is 18.1. The predicted molar refractivity (Wildman–Crippen MR) is 121 cm³/mol. The minimum absolute atomic E-state index is 0.0828. The van der Waals surface area contributed by atoms with Crippen LogP contribution in [0.5, 0.6) is 0 Å². The third-order valence-corrected chi connectivity index (χ3v) is 6.17. The van der Waals surface area contributed by atoms with E-state index in [4.69, 9.17) is 4.52 Å². The van der Waals surface area contributed by atoms with Gasteiger partial charge in [-0.2, -0.15) is 5.10 Å². The van der Waals surface area contributed by atoms with Crippen molar-refractivity contribution in [2.45, 2.75) is 32.4 Å². The predicted octanol–water partition coefficient (Wildman–Crippen LogP) is 4.01. The lowest BCUT2D eigenvalue weighted by molar-refractivity contribution is -0.140. The molecule has 0 saturated carbocycles. The van der Waals surface area contributed by atoms with Gasteiger partial charge in [-0.05, 0) is 30.9 Å². The highest BCUT2D eigenvalue weighted by molar-refractivity contribution is 5.78. The average molecular weight is 480 g/mol. The molecule has 4 aromatic rings. The summed E-state index contributed by atoms with van der Waals surface area (Å²) in [6, 6.07) is 8.75. The van der Waals surface area contributed by atoms with Crippen LogP contribution in [0.4, 0.5) is 14.6 Å². The van der Waals surface area contributed by atoms with Gasteiger partial charge in [0.05, 0.1) is 18.4 Å². The number of hydrogen-bond acceptors (Lipinski definition) is 7. The first kappa shape index (κ1) is 22.6. The van der Waals surface area contributed by atoms with Gasteiger partial charge in [-0.15, -0.1) is 0 Å². The molecule has 180 valence electrons. The van der Waals surface area contributed by atoms with Gasteiger partial charge in [0.2, 0.25) is 0 Å². The number of nitrogens with zero attached hydrogens (tertiary/aromatic N) is 6. The van der Waals surface area contributed by atoms with Crippen LogP contribution in [-0.2, 0) is 11.3 Å². The Morgan fingerprint density at radius 2 is 2.03 bits per heavy atom. The fourth-order valence-electron chi connectivity index (χ4n) is 4.47. The van der Waals surface area contributed by atoms with E-state index >= 15 is 0 Å². The standard InChI is InChI=1S/C24H22F2N6O3/c1-14-5-4-9-31(21(14)24(33)34)23-17(26)12-27-22(28-23)19-11-20(18-8-10-35-30-18)32(29-19)13-15-6-2-3-7-16(15)25/h2-3,6-8,10-12,14,21H,4-5,9,13H2,1H3,(H,33,34)/t14-,21-/m0/s1. The Labute approximate surface area is 199 Å². The average Bonchev–Trinajstić information content (AvgIpc) is 3.51. The van der Waals surface area contributed by atoms with E-state index in [9.17, 15) is 18.7 Å². The Bertz CT molecular complexity index is 1360.